The molecule has 0 aromatic carbocycles. The minimum absolute atomic E-state index is 0.0852. The minimum atomic E-state index is -3.03. The van der Waals surface area contributed by atoms with Gasteiger partial charge in [0.1, 0.15) is 0 Å². The average molecular weight is 328 g/mol. The van der Waals surface area contributed by atoms with Crippen molar-refractivity contribution in [1.82, 2.24) is 9.29 Å². The fraction of sp³-hybridized carbons (Fsp3) is 0.643. The monoisotopic (exact) mass is 328 g/mol. The van der Waals surface area contributed by atoms with E-state index in [4.69, 9.17) is 4.74 Å². The van der Waals surface area contributed by atoms with E-state index >= 15 is 0 Å². The number of thioether (sulfide) groups is 1. The van der Waals surface area contributed by atoms with Gasteiger partial charge in [0.2, 0.25) is 10.0 Å². The van der Waals surface area contributed by atoms with E-state index in [0.29, 0.717) is 19.7 Å². The van der Waals surface area contributed by atoms with Gasteiger partial charge in [-0.2, -0.15) is 4.31 Å². The molecule has 7 heteroatoms. The standard InChI is InChI=1S/C14H20N2O3S2/c1-2-21(17,18)16-10-14(11-16)6-13(9-20-14)19-8-12-4-3-5-15-7-12/h3-5,7,13H,2,6,8-11H2,1H3/t13-/m0/s1. The van der Waals surface area contributed by atoms with Crippen LogP contribution in [0.3, 0.4) is 0 Å². The summed E-state index contributed by atoms with van der Waals surface area (Å²) in [5.41, 5.74) is 1.08. The highest BCUT2D eigenvalue weighted by atomic mass is 32.2. The first-order chi connectivity index (χ1) is 10.0. The number of nitrogens with zero attached hydrogens (tertiary/aromatic N) is 2. The molecular formula is C14H20N2O3S2. The van der Waals surface area contributed by atoms with Crippen molar-refractivity contribution in [1.29, 1.82) is 0 Å². The van der Waals surface area contributed by atoms with E-state index in [1.165, 1.54) is 0 Å². The predicted molar refractivity (Wildman–Crippen MR) is 83.7 cm³/mol. The maximum absolute atomic E-state index is 11.8. The summed E-state index contributed by atoms with van der Waals surface area (Å²) >= 11 is 1.86. The van der Waals surface area contributed by atoms with Gasteiger partial charge in [-0.3, -0.25) is 4.98 Å². The third-order valence-electron chi connectivity index (χ3n) is 4.07. The van der Waals surface area contributed by atoms with Crippen LogP contribution in [-0.2, 0) is 21.4 Å². The summed E-state index contributed by atoms with van der Waals surface area (Å²) in [6.45, 7) is 3.55. The summed E-state index contributed by atoms with van der Waals surface area (Å²) < 4.78 is 31.2. The highest BCUT2D eigenvalue weighted by Gasteiger charge is 2.52. The van der Waals surface area contributed by atoms with Crippen LogP contribution in [0.1, 0.15) is 18.9 Å². The van der Waals surface area contributed by atoms with E-state index in [0.717, 1.165) is 17.7 Å². The zero-order valence-electron chi connectivity index (χ0n) is 12.1. The molecule has 1 spiro atoms. The van der Waals surface area contributed by atoms with Gasteiger partial charge in [-0.1, -0.05) is 6.07 Å². The number of hydrogen-bond acceptors (Lipinski definition) is 5. The Labute approximate surface area is 130 Å². The average Bonchev–Trinajstić information content (AvgIpc) is 2.89. The second kappa shape index (κ2) is 5.87. The lowest BCUT2D eigenvalue weighted by atomic mass is 9.95. The van der Waals surface area contributed by atoms with Crippen molar-refractivity contribution in [2.45, 2.75) is 30.8 Å². The van der Waals surface area contributed by atoms with E-state index in [1.807, 2.05) is 30.1 Å². The van der Waals surface area contributed by atoms with E-state index in [9.17, 15) is 8.42 Å². The Morgan fingerprint density at radius 1 is 1.52 bits per heavy atom. The molecule has 0 aliphatic carbocycles. The molecule has 0 amide bonds. The van der Waals surface area contributed by atoms with Gasteiger partial charge in [-0.15, -0.1) is 11.8 Å². The SMILES string of the molecule is CCS(=O)(=O)N1CC2(C[C@H](OCc3cccnc3)CS2)C1. The molecule has 0 saturated carbocycles. The highest BCUT2D eigenvalue weighted by molar-refractivity contribution is 8.01. The molecule has 1 aromatic heterocycles. The quantitative estimate of drug-likeness (QED) is 0.820. The normalized spacial score (nSPS) is 25.1. The molecular weight excluding hydrogens is 308 g/mol. The maximum Gasteiger partial charge on any atom is 0.213 e. The number of rotatable bonds is 5. The van der Waals surface area contributed by atoms with E-state index in [-0.39, 0.29) is 16.6 Å². The molecule has 3 rings (SSSR count). The van der Waals surface area contributed by atoms with Crippen molar-refractivity contribution >= 4 is 21.8 Å². The van der Waals surface area contributed by atoms with Gasteiger partial charge in [-0.05, 0) is 25.0 Å². The first-order valence-corrected chi connectivity index (χ1v) is 9.75. The number of ether oxygens (including phenoxy) is 1. The lowest BCUT2D eigenvalue weighted by Crippen LogP contribution is -2.60. The molecule has 1 aromatic rings. The Bertz CT molecular complexity index is 585. The van der Waals surface area contributed by atoms with Crippen molar-refractivity contribution in [2.24, 2.45) is 0 Å². The lowest BCUT2D eigenvalue weighted by Gasteiger charge is -2.46. The number of hydrogen-bond donors (Lipinski definition) is 0. The van der Waals surface area contributed by atoms with Crippen molar-refractivity contribution in [3.8, 4) is 0 Å². The van der Waals surface area contributed by atoms with Gasteiger partial charge in [0.05, 0.1) is 18.5 Å². The molecule has 2 fully saturated rings. The molecule has 2 saturated heterocycles. The topological polar surface area (TPSA) is 59.5 Å². The zero-order valence-corrected chi connectivity index (χ0v) is 13.7. The largest absolute Gasteiger partial charge is 0.373 e. The van der Waals surface area contributed by atoms with Gasteiger partial charge in [-0.25, -0.2) is 8.42 Å². The van der Waals surface area contributed by atoms with Crippen LogP contribution < -0.4 is 0 Å². The molecule has 1 atom stereocenters. The van der Waals surface area contributed by atoms with E-state index in [2.05, 4.69) is 4.98 Å². The Hall–Kier alpha value is -0.630. The van der Waals surface area contributed by atoms with Gasteiger partial charge >= 0.3 is 0 Å². The van der Waals surface area contributed by atoms with Crippen molar-refractivity contribution in [3.63, 3.8) is 0 Å². The third-order valence-corrected chi connectivity index (χ3v) is 7.42. The molecule has 5 nitrogen and oxygen atoms in total. The summed E-state index contributed by atoms with van der Waals surface area (Å²) in [7, 11) is -3.03. The van der Waals surface area contributed by atoms with Crippen LogP contribution in [0.4, 0.5) is 0 Å². The summed E-state index contributed by atoms with van der Waals surface area (Å²) in [5, 5.41) is 0. The maximum atomic E-state index is 11.8. The molecule has 2 aliphatic heterocycles. The predicted octanol–water partition coefficient (Wildman–Crippen LogP) is 1.51. The third kappa shape index (κ3) is 3.26. The van der Waals surface area contributed by atoms with Crippen LogP contribution >= 0.6 is 11.8 Å². The van der Waals surface area contributed by atoms with Gasteiger partial charge in [0.15, 0.2) is 0 Å². The van der Waals surface area contributed by atoms with Crippen molar-refractivity contribution in [2.75, 3.05) is 24.6 Å². The van der Waals surface area contributed by atoms with Gasteiger partial charge in [0.25, 0.3) is 0 Å². The van der Waals surface area contributed by atoms with E-state index in [1.54, 1.807) is 17.4 Å². The number of pyridine rings is 1. The fourth-order valence-electron chi connectivity index (χ4n) is 2.80. The second-order valence-corrected chi connectivity index (χ2v) is 9.41. The Balaban J connectivity index is 1.49. The first kappa shape index (κ1) is 15.3. The van der Waals surface area contributed by atoms with Crippen LogP contribution in [0.5, 0.6) is 0 Å². The molecule has 21 heavy (non-hydrogen) atoms. The van der Waals surface area contributed by atoms with Crippen LogP contribution in [0, 0.1) is 0 Å². The minimum Gasteiger partial charge on any atom is -0.373 e. The summed E-state index contributed by atoms with van der Waals surface area (Å²) in [5.74, 6) is 1.13. The van der Waals surface area contributed by atoms with Crippen LogP contribution in [0.25, 0.3) is 0 Å². The molecule has 0 unspecified atom stereocenters. The smallest absolute Gasteiger partial charge is 0.213 e. The molecule has 0 bridgehead atoms. The second-order valence-electron chi connectivity index (χ2n) is 5.66. The first-order valence-electron chi connectivity index (χ1n) is 7.15. The zero-order chi connectivity index (χ0) is 14.9. The summed E-state index contributed by atoms with van der Waals surface area (Å²) in [6.07, 6.45) is 4.72. The molecule has 116 valence electrons. The van der Waals surface area contributed by atoms with Crippen LogP contribution in [0.2, 0.25) is 0 Å². The number of aromatic nitrogens is 1. The lowest BCUT2D eigenvalue weighted by molar-refractivity contribution is 0.0396. The van der Waals surface area contributed by atoms with Crippen LogP contribution in [0.15, 0.2) is 24.5 Å². The Kier molecular flexibility index (Phi) is 4.27. The molecule has 0 N–H and O–H groups in total. The fourth-order valence-corrected chi connectivity index (χ4v) is 5.77. The molecule has 2 aliphatic rings. The number of sulfonamides is 1. The van der Waals surface area contributed by atoms with Gasteiger partial charge < -0.3 is 4.74 Å². The summed E-state index contributed by atoms with van der Waals surface area (Å²) in [6, 6.07) is 3.91. The van der Waals surface area contributed by atoms with Crippen LogP contribution in [-0.4, -0.2) is 53.2 Å². The Morgan fingerprint density at radius 3 is 3.00 bits per heavy atom. The van der Waals surface area contributed by atoms with Crippen molar-refractivity contribution in [3.05, 3.63) is 30.1 Å². The molecule has 3 heterocycles. The van der Waals surface area contributed by atoms with Gasteiger partial charge in [0, 0.05) is 36.0 Å². The Morgan fingerprint density at radius 2 is 2.33 bits per heavy atom. The highest BCUT2D eigenvalue weighted by Crippen LogP contribution is 2.47. The summed E-state index contributed by atoms with van der Waals surface area (Å²) in [4.78, 5) is 4.07. The van der Waals surface area contributed by atoms with Crippen molar-refractivity contribution < 1.29 is 13.2 Å². The van der Waals surface area contributed by atoms with E-state index < -0.39 is 10.0 Å². The molecule has 0 radical (unpaired) electrons.